The summed E-state index contributed by atoms with van der Waals surface area (Å²) in [5.74, 6) is -0.265. The highest BCUT2D eigenvalue weighted by atomic mass is 32.1. The van der Waals surface area contributed by atoms with Gasteiger partial charge in [0.05, 0.1) is 16.7 Å². The van der Waals surface area contributed by atoms with E-state index in [1.165, 1.54) is 11.6 Å². The molecule has 1 N–H and O–H groups in total. The third-order valence-electron chi connectivity index (χ3n) is 6.04. The molecule has 2 aromatic carbocycles. The number of thiazole rings is 1. The maximum absolute atomic E-state index is 13.3. The van der Waals surface area contributed by atoms with E-state index in [0.29, 0.717) is 44.6 Å². The van der Waals surface area contributed by atoms with Crippen LogP contribution in [0.4, 0.5) is 13.2 Å². The molecule has 2 heterocycles. The number of carbonyl (C=O) groups excluding carboxylic acids is 1. The molecule has 8 heteroatoms. The van der Waals surface area contributed by atoms with E-state index in [2.05, 4.69) is 10.3 Å². The molecular weight excluding hydrogens is 449 g/mol. The number of hydrogen-bond acceptors (Lipinski definition) is 4. The van der Waals surface area contributed by atoms with E-state index < -0.39 is 17.2 Å². The highest BCUT2D eigenvalue weighted by Crippen LogP contribution is 2.38. The number of ether oxygens (including phenoxy) is 1. The van der Waals surface area contributed by atoms with Gasteiger partial charge in [0.1, 0.15) is 5.01 Å². The van der Waals surface area contributed by atoms with Crippen molar-refractivity contribution < 1.29 is 22.7 Å². The number of rotatable bonds is 6. The average Bonchev–Trinajstić information content (AvgIpc) is 3.28. The van der Waals surface area contributed by atoms with Crippen molar-refractivity contribution in [2.75, 3.05) is 19.8 Å². The lowest BCUT2D eigenvalue weighted by Gasteiger charge is -2.36. The summed E-state index contributed by atoms with van der Waals surface area (Å²) in [5, 5.41) is 5.83. The van der Waals surface area contributed by atoms with Crippen LogP contribution < -0.4 is 5.32 Å². The quantitative estimate of drug-likeness (QED) is 0.510. The van der Waals surface area contributed by atoms with Crippen LogP contribution in [-0.2, 0) is 27.5 Å². The fraction of sp³-hybridized carbons (Fsp3) is 0.360. The lowest BCUT2D eigenvalue weighted by atomic mass is 9.73. The minimum absolute atomic E-state index is 0.265. The first-order chi connectivity index (χ1) is 15.8. The molecule has 3 aromatic rings. The molecule has 33 heavy (non-hydrogen) atoms. The first kappa shape index (κ1) is 23.4. The monoisotopic (exact) mass is 474 g/mol. The van der Waals surface area contributed by atoms with E-state index in [0.717, 1.165) is 28.4 Å². The summed E-state index contributed by atoms with van der Waals surface area (Å²) >= 11 is 1.55. The molecule has 0 atom stereocenters. The number of hydrogen-bond donors (Lipinski definition) is 1. The van der Waals surface area contributed by atoms with Crippen LogP contribution in [0.25, 0.3) is 10.6 Å². The summed E-state index contributed by atoms with van der Waals surface area (Å²) in [6, 6.07) is 13.2. The van der Waals surface area contributed by atoms with Crippen molar-refractivity contribution in [3.63, 3.8) is 0 Å². The van der Waals surface area contributed by atoms with Gasteiger partial charge in [-0.25, -0.2) is 4.98 Å². The van der Waals surface area contributed by atoms with Gasteiger partial charge in [0, 0.05) is 37.1 Å². The molecule has 4 nitrogen and oxygen atoms in total. The number of halogens is 3. The van der Waals surface area contributed by atoms with Gasteiger partial charge in [0.2, 0.25) is 5.91 Å². The Balaban J connectivity index is 1.45. The second kappa shape index (κ2) is 9.65. The SMILES string of the molecule is Cc1ccc(-c2nc(CCNC(=O)C3(c4cccc(C(F)(F)F)c4)CCOCC3)cs2)cc1. The van der Waals surface area contributed by atoms with Crippen molar-refractivity contribution in [2.45, 2.75) is 37.8 Å². The number of nitrogens with one attached hydrogen (secondary N) is 1. The van der Waals surface area contributed by atoms with E-state index in [9.17, 15) is 18.0 Å². The molecule has 0 bridgehead atoms. The Morgan fingerprint density at radius 1 is 1.15 bits per heavy atom. The van der Waals surface area contributed by atoms with Crippen molar-refractivity contribution in [1.29, 1.82) is 0 Å². The Morgan fingerprint density at radius 3 is 2.58 bits per heavy atom. The molecule has 0 aliphatic carbocycles. The molecule has 0 saturated carbocycles. The number of amides is 1. The van der Waals surface area contributed by atoms with E-state index >= 15 is 0 Å². The lowest BCUT2D eigenvalue weighted by Crippen LogP contribution is -2.48. The predicted octanol–water partition coefficient (Wildman–Crippen LogP) is 5.54. The summed E-state index contributed by atoms with van der Waals surface area (Å²) < 4.78 is 45.2. The van der Waals surface area contributed by atoms with Crippen LogP contribution in [0.5, 0.6) is 0 Å². The maximum atomic E-state index is 13.3. The third-order valence-corrected chi connectivity index (χ3v) is 6.98. The molecular formula is C25H25F3N2O2S. The van der Waals surface area contributed by atoms with Gasteiger partial charge in [-0.05, 0) is 31.4 Å². The molecule has 1 fully saturated rings. The Kier molecular flexibility index (Phi) is 6.86. The molecule has 0 spiro atoms. The van der Waals surface area contributed by atoms with E-state index in [-0.39, 0.29) is 5.91 Å². The normalized spacial score (nSPS) is 15.9. The Bertz CT molecular complexity index is 1100. The highest BCUT2D eigenvalue weighted by molar-refractivity contribution is 7.13. The van der Waals surface area contributed by atoms with Crippen LogP contribution in [-0.4, -0.2) is 30.6 Å². The Labute approximate surface area is 194 Å². The van der Waals surface area contributed by atoms with Gasteiger partial charge in [-0.15, -0.1) is 11.3 Å². The number of aromatic nitrogens is 1. The van der Waals surface area contributed by atoms with E-state index in [1.807, 2.05) is 36.6 Å². The van der Waals surface area contributed by atoms with Gasteiger partial charge in [0.15, 0.2) is 0 Å². The summed E-state index contributed by atoms with van der Waals surface area (Å²) in [7, 11) is 0. The topological polar surface area (TPSA) is 51.2 Å². The van der Waals surface area contributed by atoms with Gasteiger partial charge in [-0.2, -0.15) is 13.2 Å². The largest absolute Gasteiger partial charge is 0.416 e. The second-order valence-electron chi connectivity index (χ2n) is 8.29. The van der Waals surface area contributed by atoms with Crippen LogP contribution >= 0.6 is 11.3 Å². The van der Waals surface area contributed by atoms with Crippen LogP contribution in [0, 0.1) is 6.92 Å². The summed E-state index contributed by atoms with van der Waals surface area (Å²) in [5.41, 5.74) is 1.70. The fourth-order valence-electron chi connectivity index (χ4n) is 4.08. The van der Waals surface area contributed by atoms with Crippen LogP contribution in [0.1, 0.15) is 35.2 Å². The molecule has 4 rings (SSSR count). The average molecular weight is 475 g/mol. The second-order valence-corrected chi connectivity index (χ2v) is 9.15. The number of benzene rings is 2. The minimum atomic E-state index is -4.46. The fourth-order valence-corrected chi connectivity index (χ4v) is 4.94. The van der Waals surface area contributed by atoms with Gasteiger partial charge >= 0.3 is 6.18 Å². The van der Waals surface area contributed by atoms with Crippen molar-refractivity contribution in [1.82, 2.24) is 10.3 Å². The molecule has 0 radical (unpaired) electrons. The van der Waals surface area contributed by atoms with Crippen molar-refractivity contribution in [2.24, 2.45) is 0 Å². The zero-order chi connectivity index (χ0) is 23.5. The zero-order valence-corrected chi connectivity index (χ0v) is 19.1. The molecule has 1 aromatic heterocycles. The molecule has 1 amide bonds. The molecule has 1 saturated heterocycles. The smallest absolute Gasteiger partial charge is 0.381 e. The maximum Gasteiger partial charge on any atom is 0.416 e. The zero-order valence-electron chi connectivity index (χ0n) is 18.2. The number of alkyl halides is 3. The number of nitrogens with zero attached hydrogens (tertiary/aromatic N) is 1. The standard InChI is InChI=1S/C25H25F3N2O2S/c1-17-5-7-18(8-6-17)22-30-21(16-33-22)9-12-29-23(31)24(10-13-32-14-11-24)19-3-2-4-20(15-19)25(26,27)28/h2-8,15-16H,9-14H2,1H3,(H,29,31). The third kappa shape index (κ3) is 5.28. The first-order valence-electron chi connectivity index (χ1n) is 10.8. The van der Waals surface area contributed by atoms with Crippen LogP contribution in [0.2, 0.25) is 0 Å². The number of carbonyl (C=O) groups is 1. The van der Waals surface area contributed by atoms with Gasteiger partial charge < -0.3 is 10.1 Å². The van der Waals surface area contributed by atoms with Gasteiger partial charge in [0.25, 0.3) is 0 Å². The highest BCUT2D eigenvalue weighted by Gasteiger charge is 2.43. The molecule has 1 aliphatic heterocycles. The minimum Gasteiger partial charge on any atom is -0.381 e. The van der Waals surface area contributed by atoms with Crippen molar-refractivity contribution in [3.05, 3.63) is 76.3 Å². The predicted molar refractivity (Wildman–Crippen MR) is 122 cm³/mol. The lowest BCUT2D eigenvalue weighted by molar-refractivity contribution is -0.138. The van der Waals surface area contributed by atoms with Crippen molar-refractivity contribution in [3.8, 4) is 10.6 Å². The van der Waals surface area contributed by atoms with Crippen LogP contribution in [0.3, 0.4) is 0 Å². The molecule has 1 aliphatic rings. The number of aryl methyl sites for hydroxylation is 1. The molecule has 174 valence electrons. The summed E-state index contributed by atoms with van der Waals surface area (Å²) in [4.78, 5) is 17.9. The molecule has 0 unspecified atom stereocenters. The first-order valence-corrected chi connectivity index (χ1v) is 11.7. The van der Waals surface area contributed by atoms with Gasteiger partial charge in [-0.3, -0.25) is 4.79 Å². The van der Waals surface area contributed by atoms with E-state index in [1.54, 1.807) is 17.4 Å². The Morgan fingerprint density at radius 2 is 1.88 bits per heavy atom. The Hall–Kier alpha value is -2.71. The summed E-state index contributed by atoms with van der Waals surface area (Å²) in [6.45, 7) is 3.05. The van der Waals surface area contributed by atoms with E-state index in [4.69, 9.17) is 4.74 Å². The van der Waals surface area contributed by atoms with Crippen molar-refractivity contribution >= 4 is 17.2 Å². The van der Waals surface area contributed by atoms with Gasteiger partial charge in [-0.1, -0.05) is 48.0 Å². The van der Waals surface area contributed by atoms with Crippen LogP contribution in [0.15, 0.2) is 53.9 Å². The summed E-state index contributed by atoms with van der Waals surface area (Å²) in [6.07, 6.45) is -3.23.